The third-order valence-electron chi connectivity index (χ3n) is 3.56. The molecule has 0 spiro atoms. The van der Waals surface area contributed by atoms with Crippen molar-refractivity contribution in [3.63, 3.8) is 0 Å². The summed E-state index contributed by atoms with van der Waals surface area (Å²) in [6.07, 6.45) is 0.860. The van der Waals surface area contributed by atoms with Crippen molar-refractivity contribution in [3.05, 3.63) is 58.1 Å². The number of nitrogens with one attached hydrogen (secondary N) is 1. The largest absolute Gasteiger partial charge is 0.465 e. The van der Waals surface area contributed by atoms with Gasteiger partial charge in [0, 0.05) is 18.5 Å². The minimum absolute atomic E-state index is 0.155. The quantitative estimate of drug-likeness (QED) is 0.676. The van der Waals surface area contributed by atoms with Gasteiger partial charge in [-0.2, -0.15) is 0 Å². The molecule has 0 aliphatic rings. The van der Waals surface area contributed by atoms with Crippen molar-refractivity contribution in [2.75, 3.05) is 12.4 Å². The number of nitrogens with zero attached hydrogens (tertiary/aromatic N) is 1. The number of rotatable bonds is 5. The van der Waals surface area contributed by atoms with Gasteiger partial charge in [-0.3, -0.25) is 4.79 Å². The maximum absolute atomic E-state index is 12.2. The highest BCUT2D eigenvalue weighted by atomic mass is 35.5. The molecule has 3 rings (SSSR count). The number of benzene rings is 2. The summed E-state index contributed by atoms with van der Waals surface area (Å²) >= 11 is 7.55. The Morgan fingerprint density at radius 3 is 2.80 bits per heavy atom. The van der Waals surface area contributed by atoms with E-state index in [2.05, 4.69) is 15.0 Å². The Morgan fingerprint density at radius 1 is 1.24 bits per heavy atom. The van der Waals surface area contributed by atoms with Gasteiger partial charge in [-0.15, -0.1) is 11.3 Å². The van der Waals surface area contributed by atoms with Gasteiger partial charge >= 0.3 is 5.97 Å². The molecule has 0 bridgehead atoms. The van der Waals surface area contributed by atoms with Crippen LogP contribution in [0.15, 0.2) is 42.5 Å². The Bertz CT molecular complexity index is 906. The zero-order valence-electron chi connectivity index (χ0n) is 13.4. The zero-order valence-corrected chi connectivity index (χ0v) is 15.0. The maximum Gasteiger partial charge on any atom is 0.339 e. The van der Waals surface area contributed by atoms with Gasteiger partial charge in [0.05, 0.1) is 32.9 Å². The predicted molar refractivity (Wildman–Crippen MR) is 99.4 cm³/mol. The molecule has 0 radical (unpaired) electrons. The third-order valence-corrected chi connectivity index (χ3v) is 4.99. The van der Waals surface area contributed by atoms with E-state index in [0.29, 0.717) is 18.5 Å². The van der Waals surface area contributed by atoms with E-state index in [9.17, 15) is 9.59 Å². The summed E-state index contributed by atoms with van der Waals surface area (Å²) in [6, 6.07) is 12.6. The number of amides is 1. The average molecular weight is 375 g/mol. The van der Waals surface area contributed by atoms with Crippen molar-refractivity contribution >= 4 is 50.7 Å². The van der Waals surface area contributed by atoms with Crippen LogP contribution in [0.5, 0.6) is 0 Å². The molecule has 0 saturated carbocycles. The Hall–Kier alpha value is -2.44. The number of carbonyl (C=O) groups is 2. The van der Waals surface area contributed by atoms with Crippen LogP contribution in [-0.4, -0.2) is 24.0 Å². The number of para-hydroxylation sites is 1. The molecular weight excluding hydrogens is 360 g/mol. The molecule has 0 fully saturated rings. The molecule has 1 heterocycles. The number of aryl methyl sites for hydroxylation is 1. The molecule has 0 saturated heterocycles. The number of hydrogen-bond donors (Lipinski definition) is 1. The number of halogens is 1. The first-order valence-electron chi connectivity index (χ1n) is 7.59. The number of hydrogen-bond acceptors (Lipinski definition) is 5. The topological polar surface area (TPSA) is 68.3 Å². The minimum atomic E-state index is -0.546. The number of aromatic nitrogens is 1. The lowest BCUT2D eigenvalue weighted by Crippen LogP contribution is -2.13. The second kappa shape index (κ2) is 7.63. The van der Waals surface area contributed by atoms with E-state index in [0.717, 1.165) is 15.2 Å². The molecule has 7 heteroatoms. The Labute approximate surface area is 153 Å². The highest BCUT2D eigenvalue weighted by molar-refractivity contribution is 7.18. The summed E-state index contributed by atoms with van der Waals surface area (Å²) in [7, 11) is 1.28. The summed E-state index contributed by atoms with van der Waals surface area (Å²) in [5, 5.41) is 3.96. The molecule has 5 nitrogen and oxygen atoms in total. The summed E-state index contributed by atoms with van der Waals surface area (Å²) in [4.78, 5) is 28.3. The van der Waals surface area contributed by atoms with Crippen LogP contribution < -0.4 is 5.32 Å². The van der Waals surface area contributed by atoms with Crippen LogP contribution in [0.2, 0.25) is 5.02 Å². The molecule has 0 atom stereocenters. The molecule has 1 amide bonds. The van der Waals surface area contributed by atoms with Crippen LogP contribution in [-0.2, 0) is 16.0 Å². The number of ether oxygens (including phenoxy) is 1. The van der Waals surface area contributed by atoms with Gasteiger partial charge < -0.3 is 10.1 Å². The third kappa shape index (κ3) is 4.15. The van der Waals surface area contributed by atoms with Crippen molar-refractivity contribution in [3.8, 4) is 0 Å². The van der Waals surface area contributed by atoms with Gasteiger partial charge in [0.1, 0.15) is 0 Å². The molecule has 0 aliphatic heterocycles. The smallest absolute Gasteiger partial charge is 0.339 e. The number of carbonyl (C=O) groups excluding carboxylic acids is 2. The van der Waals surface area contributed by atoms with Gasteiger partial charge in [-0.05, 0) is 30.3 Å². The average Bonchev–Trinajstić information content (AvgIpc) is 3.04. The SMILES string of the molecule is COC(=O)c1cc(NC(=O)CCc2nc3ccccc3s2)ccc1Cl. The maximum atomic E-state index is 12.2. The molecule has 1 aromatic heterocycles. The van der Waals surface area contributed by atoms with Crippen LogP contribution >= 0.6 is 22.9 Å². The standard InChI is InChI=1S/C18H15ClN2O3S/c1-24-18(23)12-10-11(6-7-13(12)19)20-16(22)8-9-17-21-14-4-2-3-5-15(14)25-17/h2-7,10H,8-9H2,1H3,(H,20,22). The van der Waals surface area contributed by atoms with Gasteiger partial charge in [0.25, 0.3) is 0 Å². The van der Waals surface area contributed by atoms with Gasteiger partial charge in [-0.1, -0.05) is 23.7 Å². The fourth-order valence-electron chi connectivity index (χ4n) is 2.34. The molecule has 0 aliphatic carbocycles. The first-order valence-corrected chi connectivity index (χ1v) is 8.78. The van der Waals surface area contributed by atoms with Crippen LogP contribution in [0.4, 0.5) is 5.69 Å². The molecule has 0 unspecified atom stereocenters. The van der Waals surface area contributed by atoms with E-state index in [1.54, 1.807) is 23.5 Å². The normalized spacial score (nSPS) is 10.6. The fraction of sp³-hybridized carbons (Fsp3) is 0.167. The number of esters is 1. The van der Waals surface area contributed by atoms with E-state index < -0.39 is 5.97 Å². The molecule has 2 aromatic carbocycles. The molecule has 25 heavy (non-hydrogen) atoms. The highest BCUT2D eigenvalue weighted by Crippen LogP contribution is 2.23. The number of methoxy groups -OCH3 is 1. The van der Waals surface area contributed by atoms with Gasteiger partial charge in [-0.25, -0.2) is 9.78 Å². The lowest BCUT2D eigenvalue weighted by molar-refractivity contribution is -0.116. The lowest BCUT2D eigenvalue weighted by Gasteiger charge is -2.08. The van der Waals surface area contributed by atoms with Gasteiger partial charge in [0.2, 0.25) is 5.91 Å². The number of anilines is 1. The van der Waals surface area contributed by atoms with E-state index in [1.807, 2.05) is 24.3 Å². The second-order valence-corrected chi connectivity index (χ2v) is 6.83. The lowest BCUT2D eigenvalue weighted by atomic mass is 10.2. The number of thiazole rings is 1. The molecule has 128 valence electrons. The van der Waals surface area contributed by atoms with E-state index in [4.69, 9.17) is 11.6 Å². The van der Waals surface area contributed by atoms with Gasteiger partial charge in [0.15, 0.2) is 0 Å². The summed E-state index contributed by atoms with van der Waals surface area (Å²) in [6.45, 7) is 0. The minimum Gasteiger partial charge on any atom is -0.465 e. The van der Waals surface area contributed by atoms with Crippen molar-refractivity contribution < 1.29 is 14.3 Å². The predicted octanol–water partition coefficient (Wildman–Crippen LogP) is 4.31. The van der Waals surface area contributed by atoms with Crippen molar-refractivity contribution in [1.82, 2.24) is 4.98 Å². The summed E-state index contributed by atoms with van der Waals surface area (Å²) in [5.74, 6) is -0.701. The first-order chi connectivity index (χ1) is 12.1. The van der Waals surface area contributed by atoms with E-state index in [1.165, 1.54) is 13.2 Å². The van der Waals surface area contributed by atoms with E-state index in [-0.39, 0.29) is 16.5 Å². The van der Waals surface area contributed by atoms with Crippen LogP contribution in [0, 0.1) is 0 Å². The van der Waals surface area contributed by atoms with Crippen LogP contribution in [0.1, 0.15) is 21.8 Å². The van der Waals surface area contributed by atoms with Crippen LogP contribution in [0.3, 0.4) is 0 Å². The molecular formula is C18H15ClN2O3S. The molecule has 3 aromatic rings. The second-order valence-electron chi connectivity index (χ2n) is 5.31. The van der Waals surface area contributed by atoms with Crippen molar-refractivity contribution in [1.29, 1.82) is 0 Å². The Kier molecular flexibility index (Phi) is 5.31. The Balaban J connectivity index is 1.63. The zero-order chi connectivity index (χ0) is 17.8. The highest BCUT2D eigenvalue weighted by Gasteiger charge is 2.13. The first kappa shape index (κ1) is 17.4. The summed E-state index contributed by atoms with van der Waals surface area (Å²) in [5.41, 5.74) is 1.66. The number of fused-ring (bicyclic) bond motifs is 1. The van der Waals surface area contributed by atoms with Crippen molar-refractivity contribution in [2.24, 2.45) is 0 Å². The van der Waals surface area contributed by atoms with Crippen LogP contribution in [0.25, 0.3) is 10.2 Å². The molecule has 1 N–H and O–H groups in total. The summed E-state index contributed by atoms with van der Waals surface area (Å²) < 4.78 is 5.78. The Morgan fingerprint density at radius 2 is 2.04 bits per heavy atom. The monoisotopic (exact) mass is 374 g/mol. The van der Waals surface area contributed by atoms with E-state index >= 15 is 0 Å². The fourth-order valence-corrected chi connectivity index (χ4v) is 3.50. The van der Waals surface area contributed by atoms with Crippen molar-refractivity contribution in [2.45, 2.75) is 12.8 Å².